The third-order valence-corrected chi connectivity index (χ3v) is 6.58. The first-order chi connectivity index (χ1) is 15.1. The molecule has 0 atom stereocenters. The third-order valence-electron chi connectivity index (χ3n) is 6.58. The second kappa shape index (κ2) is 10.1. The van der Waals surface area contributed by atoms with Gasteiger partial charge in [0.1, 0.15) is 5.82 Å². The molecule has 2 aliphatic rings. The molecule has 2 aromatic rings. The van der Waals surface area contributed by atoms with Gasteiger partial charge in [0.15, 0.2) is 0 Å². The van der Waals surface area contributed by atoms with Gasteiger partial charge in [-0.05, 0) is 56.5 Å². The topological polar surface area (TPSA) is 52.7 Å². The molecular weight excluding hydrogens is 393 g/mol. The lowest BCUT2D eigenvalue weighted by atomic mass is 9.92. The first kappa shape index (κ1) is 21.5. The summed E-state index contributed by atoms with van der Waals surface area (Å²) in [6.45, 7) is 3.70. The average molecular weight is 424 g/mol. The molecule has 6 heteroatoms. The van der Waals surface area contributed by atoms with Gasteiger partial charge >= 0.3 is 0 Å². The van der Waals surface area contributed by atoms with E-state index in [1.807, 2.05) is 30.3 Å². The fraction of sp³-hybridized carbons (Fsp3) is 0.440. The summed E-state index contributed by atoms with van der Waals surface area (Å²) in [5.41, 5.74) is 1.27. The van der Waals surface area contributed by atoms with E-state index in [-0.39, 0.29) is 23.3 Å². The lowest BCUT2D eigenvalue weighted by Crippen LogP contribution is -2.50. The molecule has 0 aliphatic carbocycles. The molecule has 0 bridgehead atoms. The SMILES string of the molecule is O=C(NCc1ccccc1)C1CCN(C2CCN(C(=O)c3ccccc3F)CC2)CC1. The molecule has 31 heavy (non-hydrogen) atoms. The number of hydrogen-bond acceptors (Lipinski definition) is 3. The number of likely N-dealkylation sites (tertiary alicyclic amines) is 2. The molecule has 0 aromatic heterocycles. The Kier molecular flexibility index (Phi) is 6.97. The smallest absolute Gasteiger partial charge is 0.256 e. The maximum absolute atomic E-state index is 13.9. The van der Waals surface area contributed by atoms with E-state index in [2.05, 4.69) is 10.2 Å². The van der Waals surface area contributed by atoms with E-state index in [4.69, 9.17) is 0 Å². The fourth-order valence-electron chi connectivity index (χ4n) is 4.70. The van der Waals surface area contributed by atoms with Crippen molar-refractivity contribution in [2.75, 3.05) is 26.2 Å². The molecule has 2 aromatic carbocycles. The number of nitrogens with one attached hydrogen (secondary N) is 1. The summed E-state index contributed by atoms with van der Waals surface area (Å²) in [4.78, 5) is 29.4. The summed E-state index contributed by atoms with van der Waals surface area (Å²) in [7, 11) is 0. The molecule has 164 valence electrons. The number of piperidine rings is 2. The molecule has 4 rings (SSSR count). The lowest BCUT2D eigenvalue weighted by Gasteiger charge is -2.41. The summed E-state index contributed by atoms with van der Waals surface area (Å²) in [6.07, 6.45) is 3.53. The van der Waals surface area contributed by atoms with Crippen LogP contribution in [0.4, 0.5) is 4.39 Å². The van der Waals surface area contributed by atoms with Crippen LogP contribution in [0.25, 0.3) is 0 Å². The van der Waals surface area contributed by atoms with E-state index >= 15 is 0 Å². The number of carbonyl (C=O) groups excluding carboxylic acids is 2. The normalized spacial score (nSPS) is 18.7. The van der Waals surface area contributed by atoms with Gasteiger partial charge in [-0.1, -0.05) is 42.5 Å². The Morgan fingerprint density at radius 2 is 1.52 bits per heavy atom. The van der Waals surface area contributed by atoms with Gasteiger partial charge in [-0.25, -0.2) is 4.39 Å². The Bertz CT molecular complexity index is 889. The molecule has 2 aliphatic heterocycles. The van der Waals surface area contributed by atoms with Crippen LogP contribution in [-0.4, -0.2) is 53.8 Å². The van der Waals surface area contributed by atoms with Crippen molar-refractivity contribution in [3.8, 4) is 0 Å². The van der Waals surface area contributed by atoms with Gasteiger partial charge in [-0.2, -0.15) is 0 Å². The second-order valence-corrected chi connectivity index (χ2v) is 8.52. The first-order valence-corrected chi connectivity index (χ1v) is 11.2. The molecule has 2 heterocycles. The summed E-state index contributed by atoms with van der Waals surface area (Å²) in [6, 6.07) is 16.6. The van der Waals surface area contributed by atoms with Crippen LogP contribution in [-0.2, 0) is 11.3 Å². The number of benzene rings is 2. The average Bonchev–Trinajstić information content (AvgIpc) is 2.83. The van der Waals surface area contributed by atoms with Gasteiger partial charge in [0, 0.05) is 31.6 Å². The molecule has 2 amide bonds. The highest BCUT2D eigenvalue weighted by Gasteiger charge is 2.32. The highest BCUT2D eigenvalue weighted by Crippen LogP contribution is 2.25. The Morgan fingerprint density at radius 1 is 0.871 bits per heavy atom. The van der Waals surface area contributed by atoms with Crippen molar-refractivity contribution in [3.05, 3.63) is 71.5 Å². The summed E-state index contributed by atoms with van der Waals surface area (Å²) < 4.78 is 13.9. The van der Waals surface area contributed by atoms with Crippen molar-refractivity contribution >= 4 is 11.8 Å². The van der Waals surface area contributed by atoms with E-state index in [1.54, 1.807) is 23.1 Å². The van der Waals surface area contributed by atoms with E-state index in [1.165, 1.54) is 6.07 Å². The number of nitrogens with zero attached hydrogens (tertiary/aromatic N) is 2. The van der Waals surface area contributed by atoms with E-state index in [0.717, 1.165) is 44.3 Å². The molecule has 2 fully saturated rings. The predicted molar refractivity (Wildman–Crippen MR) is 118 cm³/mol. The number of halogens is 1. The van der Waals surface area contributed by atoms with Crippen LogP contribution >= 0.6 is 0 Å². The van der Waals surface area contributed by atoms with Gasteiger partial charge in [-0.3, -0.25) is 9.59 Å². The van der Waals surface area contributed by atoms with Crippen molar-refractivity contribution in [1.82, 2.24) is 15.1 Å². The van der Waals surface area contributed by atoms with Gasteiger partial charge in [0.25, 0.3) is 5.91 Å². The number of amides is 2. The van der Waals surface area contributed by atoms with Crippen LogP contribution in [0.2, 0.25) is 0 Å². The van der Waals surface area contributed by atoms with Crippen LogP contribution in [0.1, 0.15) is 41.6 Å². The monoisotopic (exact) mass is 423 g/mol. The Balaban J connectivity index is 1.21. The number of hydrogen-bond donors (Lipinski definition) is 1. The molecular formula is C25H30FN3O2. The predicted octanol–water partition coefficient (Wildman–Crippen LogP) is 3.46. The fourth-order valence-corrected chi connectivity index (χ4v) is 4.70. The first-order valence-electron chi connectivity index (χ1n) is 11.2. The van der Waals surface area contributed by atoms with Crippen molar-refractivity contribution in [1.29, 1.82) is 0 Å². The molecule has 0 saturated carbocycles. The molecule has 1 N–H and O–H groups in total. The van der Waals surface area contributed by atoms with Crippen LogP contribution in [0.5, 0.6) is 0 Å². The highest BCUT2D eigenvalue weighted by atomic mass is 19.1. The minimum atomic E-state index is -0.456. The highest BCUT2D eigenvalue weighted by molar-refractivity contribution is 5.94. The van der Waals surface area contributed by atoms with Gasteiger partial charge in [-0.15, -0.1) is 0 Å². The maximum Gasteiger partial charge on any atom is 0.256 e. The molecule has 0 radical (unpaired) electrons. The van der Waals surface area contributed by atoms with Crippen molar-refractivity contribution in [2.24, 2.45) is 5.92 Å². The number of carbonyl (C=O) groups is 2. The second-order valence-electron chi connectivity index (χ2n) is 8.52. The van der Waals surface area contributed by atoms with E-state index < -0.39 is 5.82 Å². The third kappa shape index (κ3) is 5.31. The van der Waals surface area contributed by atoms with Gasteiger partial charge < -0.3 is 15.1 Å². The molecule has 0 unspecified atom stereocenters. The van der Waals surface area contributed by atoms with Crippen LogP contribution in [0, 0.1) is 11.7 Å². The summed E-state index contributed by atoms with van der Waals surface area (Å²) in [5, 5.41) is 3.07. The quantitative estimate of drug-likeness (QED) is 0.801. The van der Waals surface area contributed by atoms with E-state index in [9.17, 15) is 14.0 Å². The van der Waals surface area contributed by atoms with Crippen LogP contribution in [0.3, 0.4) is 0 Å². The molecule has 5 nitrogen and oxygen atoms in total. The molecule has 0 spiro atoms. The van der Waals surface area contributed by atoms with Crippen molar-refractivity contribution in [2.45, 2.75) is 38.3 Å². The zero-order chi connectivity index (χ0) is 21.6. The largest absolute Gasteiger partial charge is 0.352 e. The summed E-state index contributed by atoms with van der Waals surface area (Å²) in [5.74, 6) is -0.455. The van der Waals surface area contributed by atoms with E-state index in [0.29, 0.717) is 25.7 Å². The van der Waals surface area contributed by atoms with Crippen molar-refractivity contribution < 1.29 is 14.0 Å². The summed E-state index contributed by atoms with van der Waals surface area (Å²) >= 11 is 0. The zero-order valence-corrected chi connectivity index (χ0v) is 17.8. The van der Waals surface area contributed by atoms with Gasteiger partial charge in [0.05, 0.1) is 5.56 Å². The minimum Gasteiger partial charge on any atom is -0.352 e. The van der Waals surface area contributed by atoms with Crippen molar-refractivity contribution in [3.63, 3.8) is 0 Å². The Labute approximate surface area is 183 Å². The zero-order valence-electron chi connectivity index (χ0n) is 17.8. The molecule has 2 saturated heterocycles. The van der Waals surface area contributed by atoms with Crippen LogP contribution < -0.4 is 5.32 Å². The Hall–Kier alpha value is -2.73. The van der Waals surface area contributed by atoms with Gasteiger partial charge in [0.2, 0.25) is 5.91 Å². The minimum absolute atomic E-state index is 0.0719. The van der Waals surface area contributed by atoms with Crippen LogP contribution in [0.15, 0.2) is 54.6 Å². The lowest BCUT2D eigenvalue weighted by molar-refractivity contribution is -0.126. The Morgan fingerprint density at radius 3 is 2.19 bits per heavy atom. The maximum atomic E-state index is 13.9. The standard InChI is InChI=1S/C25H30FN3O2/c26-23-9-5-4-8-22(23)25(31)29-16-12-21(13-17-29)28-14-10-20(11-15-28)24(30)27-18-19-6-2-1-3-7-19/h1-9,20-21H,10-18H2,(H,27,30). The number of rotatable bonds is 5.